The molecule has 1 saturated heterocycles. The van der Waals surface area contributed by atoms with Crippen molar-refractivity contribution in [2.24, 2.45) is 17.8 Å². The summed E-state index contributed by atoms with van der Waals surface area (Å²) in [5, 5.41) is 4.34. The molecule has 0 spiro atoms. The van der Waals surface area contributed by atoms with Crippen LogP contribution in [0.4, 0.5) is 10.3 Å². The predicted octanol–water partition coefficient (Wildman–Crippen LogP) is 6.26. The maximum atomic E-state index is 13.6. The summed E-state index contributed by atoms with van der Waals surface area (Å²) in [6.07, 6.45) is 5.12. The number of halogens is 2. The van der Waals surface area contributed by atoms with Gasteiger partial charge in [-0.05, 0) is 36.3 Å². The Balaban J connectivity index is 0.000000244. The molecule has 3 atom stereocenters. The molecule has 3 heterocycles. The molecule has 1 fully saturated rings. The number of thioether (sulfide) groups is 1. The van der Waals surface area contributed by atoms with Gasteiger partial charge in [0.1, 0.15) is 12.4 Å². The third-order valence-corrected chi connectivity index (χ3v) is 6.99. The molecule has 37 heavy (non-hydrogen) atoms. The van der Waals surface area contributed by atoms with Gasteiger partial charge in [0.25, 0.3) is 5.89 Å². The summed E-state index contributed by atoms with van der Waals surface area (Å²) in [4.78, 5) is 15.5. The molecule has 0 bridgehead atoms. The number of benzene rings is 1. The first-order valence-corrected chi connectivity index (χ1v) is 13.8. The second kappa shape index (κ2) is 15.9. The van der Waals surface area contributed by atoms with Crippen molar-refractivity contribution in [1.29, 1.82) is 0 Å². The maximum absolute atomic E-state index is 13.6. The highest BCUT2D eigenvalue weighted by molar-refractivity contribution is 7.98. The van der Waals surface area contributed by atoms with E-state index in [0.29, 0.717) is 45.0 Å². The molecular weight excluding hydrogens is 517 g/mol. The molecule has 0 aliphatic carbocycles. The predicted molar refractivity (Wildman–Crippen MR) is 146 cm³/mol. The minimum atomic E-state index is -0.284. The molecule has 0 saturated carbocycles. The fraction of sp³-hybridized carbons (Fsp3) is 0.538. The van der Waals surface area contributed by atoms with Crippen LogP contribution in [0.2, 0.25) is 5.02 Å². The van der Waals surface area contributed by atoms with Crippen molar-refractivity contribution in [2.75, 3.05) is 45.1 Å². The van der Waals surface area contributed by atoms with Crippen molar-refractivity contribution in [1.82, 2.24) is 20.1 Å². The first kappa shape index (κ1) is 31.0. The number of hydrogen-bond donors (Lipinski definition) is 0. The zero-order chi connectivity index (χ0) is 27.4. The molecule has 4 rings (SSSR count). The van der Waals surface area contributed by atoms with Crippen LogP contribution in [-0.4, -0.2) is 60.3 Å². The van der Waals surface area contributed by atoms with E-state index < -0.39 is 0 Å². The molecular formula is C26H37ClFN5O3S. The average Bonchev–Trinajstić information content (AvgIpc) is 3.38. The topological polar surface area (TPSA) is 86.4 Å². The Morgan fingerprint density at radius 3 is 2.43 bits per heavy atom. The van der Waals surface area contributed by atoms with E-state index in [1.165, 1.54) is 24.9 Å². The summed E-state index contributed by atoms with van der Waals surface area (Å²) in [6, 6.07) is 4.85. The monoisotopic (exact) mass is 553 g/mol. The van der Waals surface area contributed by atoms with Gasteiger partial charge in [0.05, 0.1) is 24.0 Å². The van der Waals surface area contributed by atoms with Crippen molar-refractivity contribution < 1.29 is 18.4 Å². The highest BCUT2D eigenvalue weighted by atomic mass is 35.5. The number of aromatic nitrogens is 4. The van der Waals surface area contributed by atoms with Gasteiger partial charge < -0.3 is 18.9 Å². The van der Waals surface area contributed by atoms with E-state index in [1.807, 2.05) is 20.1 Å². The Bertz CT molecular complexity index is 1070. The first-order chi connectivity index (χ1) is 17.9. The van der Waals surface area contributed by atoms with E-state index in [1.54, 1.807) is 31.6 Å². The SMILES string of the molecule is CC.COCC1CN(c2ncc(Cl)cn2)CC(C)C1C.COCc1nc(-c2ccc(SC)c(F)c2)no1. The van der Waals surface area contributed by atoms with Crippen LogP contribution in [0.5, 0.6) is 0 Å². The van der Waals surface area contributed by atoms with Gasteiger partial charge in [-0.25, -0.2) is 14.4 Å². The van der Waals surface area contributed by atoms with Crippen LogP contribution in [0.15, 0.2) is 40.0 Å². The number of anilines is 1. The van der Waals surface area contributed by atoms with Gasteiger partial charge in [0.15, 0.2) is 0 Å². The van der Waals surface area contributed by atoms with Crippen LogP contribution in [0.1, 0.15) is 33.6 Å². The summed E-state index contributed by atoms with van der Waals surface area (Å²) in [6.45, 7) is 11.5. The van der Waals surface area contributed by atoms with Crippen molar-refractivity contribution in [3.63, 3.8) is 0 Å². The van der Waals surface area contributed by atoms with Gasteiger partial charge in [0, 0.05) is 43.7 Å². The van der Waals surface area contributed by atoms with Gasteiger partial charge in [-0.1, -0.05) is 44.5 Å². The lowest BCUT2D eigenvalue weighted by Crippen LogP contribution is -2.46. The number of methoxy groups -OCH3 is 2. The lowest BCUT2D eigenvalue weighted by atomic mass is 9.80. The molecule has 3 unspecified atom stereocenters. The van der Waals surface area contributed by atoms with Gasteiger partial charge >= 0.3 is 0 Å². The molecule has 1 aliphatic heterocycles. The summed E-state index contributed by atoms with van der Waals surface area (Å²) >= 11 is 7.17. The highest BCUT2D eigenvalue weighted by Gasteiger charge is 2.32. The highest BCUT2D eigenvalue weighted by Crippen LogP contribution is 2.30. The Morgan fingerprint density at radius 2 is 1.84 bits per heavy atom. The van der Waals surface area contributed by atoms with Crippen LogP contribution >= 0.6 is 23.4 Å². The summed E-state index contributed by atoms with van der Waals surface area (Å²) < 4.78 is 28.7. The standard InChI is InChI=1S/C13H20ClN3O.C11H11FN2O2S.C2H6/c1-9-6-17(7-11(8-18-3)10(9)2)13-15-4-12(14)5-16-13;1-15-6-10-13-11(14-16-10)7-3-4-9(17-2)8(12)5-7;1-2/h4-5,9-11H,6-8H2,1-3H3;3-5H,6H2,1-2H3;1-2H3. The van der Waals surface area contributed by atoms with Crippen molar-refractivity contribution in [2.45, 2.75) is 39.2 Å². The second-order valence-corrected chi connectivity index (χ2v) is 9.74. The van der Waals surface area contributed by atoms with E-state index in [-0.39, 0.29) is 12.4 Å². The lowest BCUT2D eigenvalue weighted by molar-refractivity contribution is 0.0953. The molecule has 2 aromatic heterocycles. The van der Waals surface area contributed by atoms with E-state index in [4.69, 9.17) is 25.6 Å². The van der Waals surface area contributed by atoms with E-state index in [0.717, 1.165) is 25.6 Å². The second-order valence-electron chi connectivity index (χ2n) is 8.45. The van der Waals surface area contributed by atoms with Crippen LogP contribution in [0, 0.1) is 23.6 Å². The van der Waals surface area contributed by atoms with Gasteiger partial charge in [-0.3, -0.25) is 0 Å². The van der Waals surface area contributed by atoms with E-state index >= 15 is 0 Å². The van der Waals surface area contributed by atoms with Crippen LogP contribution in [0.3, 0.4) is 0 Å². The number of ether oxygens (including phenoxy) is 2. The molecule has 0 N–H and O–H groups in total. The molecule has 0 amide bonds. The third kappa shape index (κ3) is 8.91. The zero-order valence-electron chi connectivity index (χ0n) is 22.6. The summed E-state index contributed by atoms with van der Waals surface area (Å²) in [5.74, 6) is 3.01. The minimum Gasteiger partial charge on any atom is -0.384 e. The van der Waals surface area contributed by atoms with Gasteiger partial charge in [0.2, 0.25) is 11.8 Å². The molecule has 1 aromatic carbocycles. The quantitative estimate of drug-likeness (QED) is 0.315. The normalized spacial score (nSPS) is 18.9. The third-order valence-electron chi connectivity index (χ3n) is 6.02. The fourth-order valence-corrected chi connectivity index (χ4v) is 4.47. The molecule has 1 aliphatic rings. The molecule has 0 radical (unpaired) electrons. The van der Waals surface area contributed by atoms with E-state index in [2.05, 4.69) is 38.9 Å². The molecule has 3 aromatic rings. The molecule has 8 nitrogen and oxygen atoms in total. The van der Waals surface area contributed by atoms with Crippen LogP contribution < -0.4 is 4.90 Å². The van der Waals surface area contributed by atoms with Crippen LogP contribution in [0.25, 0.3) is 11.4 Å². The van der Waals surface area contributed by atoms with Crippen molar-refractivity contribution >= 4 is 29.3 Å². The largest absolute Gasteiger partial charge is 0.384 e. The zero-order valence-corrected chi connectivity index (χ0v) is 24.1. The van der Waals surface area contributed by atoms with Gasteiger partial charge in [-0.2, -0.15) is 4.98 Å². The Labute approximate surface area is 228 Å². The number of rotatable bonds is 7. The maximum Gasteiger partial charge on any atom is 0.252 e. The first-order valence-electron chi connectivity index (χ1n) is 12.2. The summed E-state index contributed by atoms with van der Waals surface area (Å²) in [5.41, 5.74) is 0.589. The lowest BCUT2D eigenvalue weighted by Gasteiger charge is -2.41. The Morgan fingerprint density at radius 1 is 1.14 bits per heavy atom. The minimum absolute atomic E-state index is 0.248. The number of hydrogen-bond acceptors (Lipinski definition) is 9. The average molecular weight is 554 g/mol. The van der Waals surface area contributed by atoms with E-state index in [9.17, 15) is 4.39 Å². The Kier molecular flexibility index (Phi) is 13.3. The van der Waals surface area contributed by atoms with Crippen LogP contribution in [-0.2, 0) is 16.1 Å². The number of piperidine rings is 1. The fourth-order valence-electron chi connectivity index (χ4n) is 3.91. The van der Waals surface area contributed by atoms with Gasteiger partial charge in [-0.15, -0.1) is 11.8 Å². The van der Waals surface area contributed by atoms with Crippen molar-refractivity contribution in [3.8, 4) is 11.4 Å². The number of nitrogens with zero attached hydrogens (tertiary/aromatic N) is 5. The van der Waals surface area contributed by atoms with Crippen molar-refractivity contribution in [3.05, 3.63) is 47.3 Å². The summed E-state index contributed by atoms with van der Waals surface area (Å²) in [7, 11) is 3.30. The smallest absolute Gasteiger partial charge is 0.252 e. The Hall–Kier alpha value is -2.27. The molecule has 11 heteroatoms. The molecule has 204 valence electrons.